The van der Waals surface area contributed by atoms with E-state index in [9.17, 15) is 29.9 Å². The highest BCUT2D eigenvalue weighted by Gasteiger charge is 2.22. The first-order valence-electron chi connectivity index (χ1n) is 5.19. The molecular weight excluding hydrogens is 276 g/mol. The van der Waals surface area contributed by atoms with Crippen molar-refractivity contribution in [2.75, 3.05) is 5.75 Å². The van der Waals surface area contributed by atoms with Crippen molar-refractivity contribution < 1.29 is 19.9 Å². The van der Waals surface area contributed by atoms with Crippen molar-refractivity contribution >= 4 is 22.6 Å². The second-order valence-corrected chi connectivity index (χ2v) is 4.92. The molecule has 0 amide bonds. The number of carbonyl (C=O) groups excluding carboxylic acids is 1. The minimum absolute atomic E-state index is 0.00273. The molecule has 19 heavy (non-hydrogen) atoms. The molecule has 0 fully saturated rings. The summed E-state index contributed by atoms with van der Waals surface area (Å²) in [5.74, 6) is -0.0522. The van der Waals surface area contributed by atoms with E-state index >= 15 is 0 Å². The van der Waals surface area contributed by atoms with E-state index in [0.29, 0.717) is 0 Å². The van der Waals surface area contributed by atoms with Gasteiger partial charge in [-0.2, -0.15) is 0 Å². The maximum absolute atomic E-state index is 11.1. The molecule has 1 aromatic rings. The summed E-state index contributed by atoms with van der Waals surface area (Å²) in [5, 5.41) is 29.8. The molecular formula is C10H12N2O6S. The number of aromatic amines is 1. The molecule has 0 radical (unpaired) electrons. The third kappa shape index (κ3) is 4.16. The van der Waals surface area contributed by atoms with Gasteiger partial charge in [-0.25, -0.2) is 0 Å². The number of nitro groups is 1. The largest absolute Gasteiger partial charge is 0.389 e. The molecule has 0 aliphatic heterocycles. The summed E-state index contributed by atoms with van der Waals surface area (Å²) in [6.07, 6.45) is -1.62. The number of thioether (sulfide) groups is 1. The van der Waals surface area contributed by atoms with E-state index in [4.69, 9.17) is 0 Å². The lowest BCUT2D eigenvalue weighted by Gasteiger charge is -2.16. The Morgan fingerprint density at radius 3 is 2.74 bits per heavy atom. The number of carbonyl (C=O) groups is 1. The number of nitrogens with zero attached hydrogens (tertiary/aromatic N) is 1. The molecule has 0 bridgehead atoms. The van der Waals surface area contributed by atoms with Crippen LogP contribution < -0.4 is 5.56 Å². The quantitative estimate of drug-likeness (QED) is 0.511. The van der Waals surface area contributed by atoms with Gasteiger partial charge in [-0.1, -0.05) is 11.8 Å². The van der Waals surface area contributed by atoms with Gasteiger partial charge >= 0.3 is 11.2 Å². The van der Waals surface area contributed by atoms with Gasteiger partial charge in [-0.3, -0.25) is 19.7 Å². The molecule has 0 spiro atoms. The second-order valence-electron chi connectivity index (χ2n) is 3.72. The number of hydrogen-bond donors (Lipinski definition) is 3. The van der Waals surface area contributed by atoms with Crippen LogP contribution in [0.2, 0.25) is 0 Å². The normalized spacial score (nSPS) is 13.8. The summed E-state index contributed by atoms with van der Waals surface area (Å²) in [7, 11) is 0. The molecule has 8 nitrogen and oxygen atoms in total. The lowest BCUT2D eigenvalue weighted by molar-refractivity contribution is -0.386. The zero-order valence-corrected chi connectivity index (χ0v) is 10.7. The van der Waals surface area contributed by atoms with E-state index in [-0.39, 0.29) is 16.4 Å². The molecule has 1 rings (SSSR count). The Balaban J connectivity index is 2.90. The Morgan fingerprint density at radius 1 is 1.58 bits per heavy atom. The fourth-order valence-electron chi connectivity index (χ4n) is 1.31. The van der Waals surface area contributed by atoms with Gasteiger partial charge in [0.2, 0.25) is 0 Å². The summed E-state index contributed by atoms with van der Waals surface area (Å²) in [6, 6.07) is 0.894. The van der Waals surface area contributed by atoms with Gasteiger partial charge < -0.3 is 15.2 Å². The first kappa shape index (κ1) is 15.3. The van der Waals surface area contributed by atoms with Crippen molar-refractivity contribution in [1.29, 1.82) is 0 Å². The Morgan fingerprint density at radius 2 is 2.21 bits per heavy atom. The number of hydrogen-bond acceptors (Lipinski definition) is 7. The van der Waals surface area contributed by atoms with Gasteiger partial charge in [0.1, 0.15) is 6.10 Å². The molecule has 1 heterocycles. The summed E-state index contributed by atoms with van der Waals surface area (Å²) in [5.41, 5.74) is -1.61. The van der Waals surface area contributed by atoms with Crippen molar-refractivity contribution in [2.24, 2.45) is 0 Å². The topological polar surface area (TPSA) is 134 Å². The smallest absolute Gasteiger partial charge is 0.334 e. The standard InChI is InChI=1S/C10H12N2O6S/c1-5(13)19-4-8(14)9(15)6-2-7(12(17)18)10(16)11-3-6/h2-3,8-9,14-15H,4H2,1H3,(H,11,16). The third-order valence-electron chi connectivity index (χ3n) is 2.27. The second kappa shape index (κ2) is 6.45. The van der Waals surface area contributed by atoms with E-state index in [1.165, 1.54) is 6.92 Å². The Kier molecular flexibility index (Phi) is 5.21. The highest BCUT2D eigenvalue weighted by atomic mass is 32.2. The van der Waals surface area contributed by atoms with Crippen molar-refractivity contribution in [3.8, 4) is 0 Å². The summed E-state index contributed by atoms with van der Waals surface area (Å²) in [6.45, 7) is 1.31. The molecule has 104 valence electrons. The molecule has 2 atom stereocenters. The zero-order chi connectivity index (χ0) is 14.6. The van der Waals surface area contributed by atoms with Crippen LogP contribution in [0.4, 0.5) is 5.69 Å². The highest BCUT2D eigenvalue weighted by molar-refractivity contribution is 8.13. The van der Waals surface area contributed by atoms with Crippen LogP contribution in [0.1, 0.15) is 18.6 Å². The predicted octanol–water partition coefficient (Wildman–Crippen LogP) is -0.0429. The Bertz CT molecular complexity index is 543. The van der Waals surface area contributed by atoms with E-state index in [2.05, 4.69) is 4.98 Å². The number of pyridine rings is 1. The van der Waals surface area contributed by atoms with Crippen LogP contribution >= 0.6 is 11.8 Å². The lowest BCUT2D eigenvalue weighted by Crippen LogP contribution is -2.23. The first-order chi connectivity index (χ1) is 8.82. The van der Waals surface area contributed by atoms with Crippen molar-refractivity contribution in [2.45, 2.75) is 19.1 Å². The monoisotopic (exact) mass is 288 g/mol. The van der Waals surface area contributed by atoms with Crippen LogP contribution in [0, 0.1) is 10.1 Å². The zero-order valence-electron chi connectivity index (χ0n) is 9.90. The summed E-state index contributed by atoms with van der Waals surface area (Å²) in [4.78, 5) is 33.7. The molecule has 0 aliphatic rings. The first-order valence-corrected chi connectivity index (χ1v) is 6.18. The Hall–Kier alpha value is -1.71. The van der Waals surface area contributed by atoms with Crippen LogP contribution in [-0.2, 0) is 4.79 Å². The van der Waals surface area contributed by atoms with Gasteiger partial charge in [-0.05, 0) is 0 Å². The maximum Gasteiger partial charge on any atom is 0.334 e. The maximum atomic E-state index is 11.1. The van der Waals surface area contributed by atoms with Crippen molar-refractivity contribution in [3.63, 3.8) is 0 Å². The average molecular weight is 288 g/mol. The third-order valence-corrected chi connectivity index (χ3v) is 3.18. The van der Waals surface area contributed by atoms with Gasteiger partial charge in [0, 0.05) is 30.5 Å². The minimum atomic E-state index is -1.43. The number of nitrogens with one attached hydrogen (secondary N) is 1. The molecule has 0 aromatic carbocycles. The highest BCUT2D eigenvalue weighted by Crippen LogP contribution is 2.21. The van der Waals surface area contributed by atoms with E-state index in [0.717, 1.165) is 24.0 Å². The predicted molar refractivity (Wildman–Crippen MR) is 67.8 cm³/mol. The van der Waals surface area contributed by atoms with Gasteiger partial charge in [0.15, 0.2) is 5.12 Å². The van der Waals surface area contributed by atoms with E-state index < -0.39 is 28.4 Å². The number of aromatic nitrogens is 1. The average Bonchev–Trinajstić information content (AvgIpc) is 2.35. The van der Waals surface area contributed by atoms with Gasteiger partial charge in [0.25, 0.3) is 0 Å². The van der Waals surface area contributed by atoms with Gasteiger partial charge in [0.05, 0.1) is 11.0 Å². The van der Waals surface area contributed by atoms with Crippen LogP contribution in [0.5, 0.6) is 0 Å². The fourth-order valence-corrected chi connectivity index (χ4v) is 1.90. The van der Waals surface area contributed by atoms with Crippen LogP contribution in [0.15, 0.2) is 17.1 Å². The number of rotatable bonds is 5. The number of aliphatic hydroxyl groups is 2. The molecule has 0 saturated heterocycles. The summed E-state index contributed by atoms with van der Waals surface area (Å²) >= 11 is 0.821. The van der Waals surface area contributed by atoms with Gasteiger partial charge in [-0.15, -0.1) is 0 Å². The minimum Gasteiger partial charge on any atom is -0.389 e. The van der Waals surface area contributed by atoms with Crippen LogP contribution in [0.25, 0.3) is 0 Å². The molecule has 3 N–H and O–H groups in total. The van der Waals surface area contributed by atoms with E-state index in [1.54, 1.807) is 0 Å². The molecule has 0 saturated carbocycles. The molecule has 9 heteroatoms. The number of H-pyrrole nitrogens is 1. The lowest BCUT2D eigenvalue weighted by atomic mass is 10.1. The van der Waals surface area contributed by atoms with E-state index in [1.807, 2.05) is 0 Å². The SMILES string of the molecule is CC(=O)SCC(O)C(O)c1c[nH]c(=O)c([N+](=O)[O-])c1. The molecule has 2 unspecified atom stereocenters. The van der Waals surface area contributed by atoms with Crippen LogP contribution in [0.3, 0.4) is 0 Å². The molecule has 0 aliphatic carbocycles. The summed E-state index contributed by atoms with van der Waals surface area (Å²) < 4.78 is 0. The number of aliphatic hydroxyl groups excluding tert-OH is 2. The van der Waals surface area contributed by atoms with Crippen molar-refractivity contribution in [1.82, 2.24) is 4.98 Å². The fraction of sp³-hybridized carbons (Fsp3) is 0.400. The van der Waals surface area contributed by atoms with Crippen LogP contribution in [-0.4, -0.2) is 37.1 Å². The molecule has 1 aromatic heterocycles. The van der Waals surface area contributed by atoms with Crippen molar-refractivity contribution in [3.05, 3.63) is 38.3 Å². The Labute approximate surface area is 111 Å².